The monoisotopic (exact) mass is 461 g/mol. The van der Waals surface area contributed by atoms with Crippen LogP contribution in [0.15, 0.2) is 47.6 Å². The number of nitrogens with one attached hydrogen (secondary N) is 2. The van der Waals surface area contributed by atoms with Crippen molar-refractivity contribution in [2.75, 3.05) is 13.1 Å². The first-order valence-electron chi connectivity index (χ1n) is 10.3. The van der Waals surface area contributed by atoms with Crippen molar-refractivity contribution >= 4 is 27.0 Å². The van der Waals surface area contributed by atoms with Gasteiger partial charge < -0.3 is 5.32 Å². The number of carbonyl (C=O) groups excluding carboxylic acids is 1. The van der Waals surface area contributed by atoms with E-state index in [1.165, 1.54) is 22.6 Å². The Morgan fingerprint density at radius 1 is 1.22 bits per heavy atom. The number of aromatic amines is 1. The van der Waals surface area contributed by atoms with Gasteiger partial charge in [0.15, 0.2) is 5.65 Å². The minimum absolute atomic E-state index is 0.0606. The largest absolute Gasteiger partial charge is 0.348 e. The van der Waals surface area contributed by atoms with Gasteiger partial charge in [0.2, 0.25) is 10.0 Å². The number of fused-ring (bicyclic) bond motifs is 2. The number of alkyl halides is 2. The second kappa shape index (κ2) is 7.59. The Balaban J connectivity index is 1.23. The van der Waals surface area contributed by atoms with Crippen LogP contribution in [0, 0.1) is 11.8 Å². The van der Waals surface area contributed by atoms with Gasteiger partial charge in [-0.15, -0.1) is 0 Å². The molecule has 5 rings (SSSR count). The van der Waals surface area contributed by atoms with Gasteiger partial charge >= 0.3 is 0 Å². The number of sulfonamides is 1. The maximum Gasteiger partial charge on any atom is 0.253 e. The molecular formula is C21H21F2N5O3S. The molecule has 2 N–H and O–H groups in total. The summed E-state index contributed by atoms with van der Waals surface area (Å²) in [6.07, 6.45) is 3.21. The number of hydrogen-bond donors (Lipinski definition) is 2. The Morgan fingerprint density at radius 2 is 2.00 bits per heavy atom. The van der Waals surface area contributed by atoms with E-state index in [9.17, 15) is 22.0 Å². The van der Waals surface area contributed by atoms with Gasteiger partial charge in [0, 0.05) is 43.6 Å². The van der Waals surface area contributed by atoms with Crippen LogP contribution in [0.3, 0.4) is 0 Å². The Kier molecular flexibility index (Phi) is 4.97. The van der Waals surface area contributed by atoms with Crippen LogP contribution >= 0.6 is 0 Å². The van der Waals surface area contributed by atoms with Crippen LogP contribution in [0.5, 0.6) is 0 Å². The standard InChI is InChI=1S/C21H21F2N5O3S/c22-21(23)6-5-14-11-28(12-18(14)21)32(30,31)17-3-1-13(2-4-17)8-25-20(29)16-7-15-10-26-27-19(15)24-9-16/h1-4,7,9-10,14,18H,5-6,8,11-12H2,(H,25,29)(H,24,26,27)/t14?,18-/m1/s1. The summed E-state index contributed by atoms with van der Waals surface area (Å²) in [7, 11) is -3.84. The van der Waals surface area contributed by atoms with Crippen LogP contribution in [0.25, 0.3) is 11.0 Å². The predicted molar refractivity (Wildman–Crippen MR) is 111 cm³/mol. The molecular weight excluding hydrogens is 440 g/mol. The lowest BCUT2D eigenvalue weighted by molar-refractivity contribution is -0.0376. The molecule has 2 aromatic heterocycles. The first-order chi connectivity index (χ1) is 15.2. The molecule has 3 heterocycles. The van der Waals surface area contributed by atoms with E-state index in [1.54, 1.807) is 24.4 Å². The zero-order valence-electron chi connectivity index (χ0n) is 17.0. The lowest BCUT2D eigenvalue weighted by Crippen LogP contribution is -2.33. The Bertz CT molecular complexity index is 1280. The number of halogens is 2. The van der Waals surface area contributed by atoms with Crippen LogP contribution in [0.2, 0.25) is 0 Å². The molecule has 8 nitrogen and oxygen atoms in total. The second-order valence-corrected chi connectivity index (χ2v) is 10.3. The molecule has 1 aliphatic heterocycles. The van der Waals surface area contributed by atoms with Crippen molar-refractivity contribution in [3.8, 4) is 0 Å². The van der Waals surface area contributed by atoms with E-state index in [4.69, 9.17) is 0 Å². The molecule has 1 saturated carbocycles. The number of carbonyl (C=O) groups is 1. The molecule has 1 aliphatic carbocycles. The molecule has 168 valence electrons. The third kappa shape index (κ3) is 3.65. The first-order valence-corrected chi connectivity index (χ1v) is 11.7. The van der Waals surface area contributed by atoms with E-state index in [0.29, 0.717) is 23.2 Å². The van der Waals surface area contributed by atoms with Crippen LogP contribution in [0.4, 0.5) is 8.78 Å². The van der Waals surface area contributed by atoms with E-state index < -0.39 is 21.9 Å². The van der Waals surface area contributed by atoms with Gasteiger partial charge in [0.25, 0.3) is 11.8 Å². The molecule has 1 saturated heterocycles. The molecule has 2 atom stereocenters. The average Bonchev–Trinajstić information content (AvgIpc) is 3.49. The minimum Gasteiger partial charge on any atom is -0.348 e. The van der Waals surface area contributed by atoms with Crippen molar-refractivity contribution < 1.29 is 22.0 Å². The Morgan fingerprint density at radius 3 is 2.75 bits per heavy atom. The summed E-state index contributed by atoms with van der Waals surface area (Å²) in [5.74, 6) is -4.30. The zero-order chi connectivity index (χ0) is 22.5. The van der Waals surface area contributed by atoms with Crippen LogP contribution in [0.1, 0.15) is 28.8 Å². The predicted octanol–water partition coefficient (Wildman–Crippen LogP) is 2.55. The lowest BCUT2D eigenvalue weighted by Gasteiger charge is -2.20. The Labute approximate surface area is 183 Å². The van der Waals surface area contributed by atoms with Gasteiger partial charge in [0.1, 0.15) is 0 Å². The topological polar surface area (TPSA) is 108 Å². The summed E-state index contributed by atoms with van der Waals surface area (Å²) < 4.78 is 55.0. The van der Waals surface area contributed by atoms with Crippen LogP contribution < -0.4 is 5.32 Å². The molecule has 0 radical (unpaired) electrons. The van der Waals surface area contributed by atoms with Crippen LogP contribution in [-0.2, 0) is 16.6 Å². The minimum atomic E-state index is -3.84. The van der Waals surface area contributed by atoms with Gasteiger partial charge in [0.05, 0.1) is 16.7 Å². The highest BCUT2D eigenvalue weighted by Crippen LogP contribution is 2.49. The molecule has 2 fully saturated rings. The maximum atomic E-state index is 14.0. The molecule has 1 amide bonds. The third-order valence-electron chi connectivity index (χ3n) is 6.37. The van der Waals surface area contributed by atoms with Gasteiger partial charge in [-0.2, -0.15) is 9.40 Å². The normalized spacial score (nSPS) is 22.8. The summed E-state index contributed by atoms with van der Waals surface area (Å²) in [6.45, 7) is 0.185. The van der Waals surface area contributed by atoms with E-state index in [1.807, 2.05) is 0 Å². The summed E-state index contributed by atoms with van der Waals surface area (Å²) in [6, 6.07) is 7.78. The van der Waals surface area contributed by atoms with Crippen molar-refractivity contribution in [1.82, 2.24) is 24.8 Å². The van der Waals surface area contributed by atoms with Gasteiger partial charge in [-0.25, -0.2) is 22.2 Å². The fourth-order valence-electron chi connectivity index (χ4n) is 4.54. The highest BCUT2D eigenvalue weighted by atomic mass is 32.2. The van der Waals surface area contributed by atoms with Crippen molar-refractivity contribution in [1.29, 1.82) is 0 Å². The maximum absolute atomic E-state index is 14.0. The molecule has 0 spiro atoms. The van der Waals surface area contributed by atoms with Crippen molar-refractivity contribution in [2.45, 2.75) is 30.2 Å². The number of aromatic nitrogens is 3. The highest BCUT2D eigenvalue weighted by molar-refractivity contribution is 7.89. The molecule has 1 unspecified atom stereocenters. The molecule has 2 aliphatic rings. The summed E-state index contributed by atoms with van der Waals surface area (Å²) in [5, 5.41) is 10.1. The molecule has 32 heavy (non-hydrogen) atoms. The van der Waals surface area contributed by atoms with E-state index >= 15 is 0 Å². The summed E-state index contributed by atoms with van der Waals surface area (Å²) >= 11 is 0. The fourth-order valence-corrected chi connectivity index (χ4v) is 6.06. The molecule has 0 bridgehead atoms. The number of amides is 1. The van der Waals surface area contributed by atoms with Crippen molar-refractivity contribution in [2.24, 2.45) is 11.8 Å². The molecule has 1 aromatic carbocycles. The third-order valence-corrected chi connectivity index (χ3v) is 8.21. The van der Waals surface area contributed by atoms with E-state index in [0.717, 1.165) is 5.39 Å². The van der Waals surface area contributed by atoms with Crippen molar-refractivity contribution in [3.63, 3.8) is 0 Å². The SMILES string of the molecule is O=C(NCc1ccc(S(=O)(=O)N2CC3CCC(F)(F)[C@@H]3C2)cc1)c1cnc2[nH]ncc2c1. The van der Waals surface area contributed by atoms with Crippen LogP contribution in [-0.4, -0.2) is 52.8 Å². The first kappa shape index (κ1) is 21.0. The quantitative estimate of drug-likeness (QED) is 0.607. The second-order valence-electron chi connectivity index (χ2n) is 8.35. The fraction of sp³-hybridized carbons (Fsp3) is 0.381. The van der Waals surface area contributed by atoms with E-state index in [-0.39, 0.29) is 42.8 Å². The molecule has 11 heteroatoms. The van der Waals surface area contributed by atoms with Gasteiger partial charge in [-0.3, -0.25) is 9.89 Å². The number of H-pyrrole nitrogens is 1. The molecule has 3 aromatic rings. The van der Waals surface area contributed by atoms with Gasteiger partial charge in [-0.05, 0) is 36.1 Å². The lowest BCUT2D eigenvalue weighted by atomic mass is 9.99. The zero-order valence-corrected chi connectivity index (χ0v) is 17.8. The number of nitrogens with zero attached hydrogens (tertiary/aromatic N) is 3. The Hall–Kier alpha value is -2.92. The number of rotatable bonds is 5. The number of pyridine rings is 1. The van der Waals surface area contributed by atoms with E-state index in [2.05, 4.69) is 20.5 Å². The number of benzene rings is 1. The average molecular weight is 461 g/mol. The summed E-state index contributed by atoms with van der Waals surface area (Å²) in [5.41, 5.74) is 1.68. The smallest absolute Gasteiger partial charge is 0.253 e. The summed E-state index contributed by atoms with van der Waals surface area (Å²) in [4.78, 5) is 16.6. The van der Waals surface area contributed by atoms with Gasteiger partial charge in [-0.1, -0.05) is 12.1 Å². The number of hydrogen-bond acceptors (Lipinski definition) is 5. The van der Waals surface area contributed by atoms with Crippen molar-refractivity contribution in [3.05, 3.63) is 53.9 Å². The highest BCUT2D eigenvalue weighted by Gasteiger charge is 2.55.